The SMILES string of the molecule is C#CCC(=O)C(C)Oc1cccc(Cl)c1. The largest absolute Gasteiger partial charge is 0.483 e. The maximum Gasteiger partial charge on any atom is 0.184 e. The lowest BCUT2D eigenvalue weighted by atomic mass is 10.2. The molecule has 0 aromatic heterocycles. The average molecular weight is 223 g/mol. The van der Waals surface area contributed by atoms with E-state index in [1.165, 1.54) is 0 Å². The van der Waals surface area contributed by atoms with Crippen LogP contribution in [0.5, 0.6) is 5.75 Å². The van der Waals surface area contributed by atoms with Crippen molar-refractivity contribution >= 4 is 17.4 Å². The van der Waals surface area contributed by atoms with Crippen LogP contribution in [0.1, 0.15) is 13.3 Å². The van der Waals surface area contributed by atoms with Crippen LogP contribution in [-0.2, 0) is 4.79 Å². The van der Waals surface area contributed by atoms with Gasteiger partial charge in [-0.05, 0) is 25.1 Å². The minimum atomic E-state index is -0.542. The first-order chi connectivity index (χ1) is 7.13. The van der Waals surface area contributed by atoms with E-state index < -0.39 is 6.10 Å². The maximum atomic E-state index is 11.3. The number of ether oxygens (including phenoxy) is 1. The summed E-state index contributed by atoms with van der Waals surface area (Å²) in [6.45, 7) is 1.67. The Balaban J connectivity index is 2.63. The van der Waals surface area contributed by atoms with Crippen LogP contribution in [0.25, 0.3) is 0 Å². The van der Waals surface area contributed by atoms with Gasteiger partial charge in [0.1, 0.15) is 5.75 Å². The van der Waals surface area contributed by atoms with E-state index in [2.05, 4.69) is 5.92 Å². The third-order valence-electron chi connectivity index (χ3n) is 1.84. The van der Waals surface area contributed by atoms with Crippen molar-refractivity contribution in [2.24, 2.45) is 0 Å². The lowest BCUT2D eigenvalue weighted by Gasteiger charge is -2.12. The fourth-order valence-corrected chi connectivity index (χ4v) is 1.23. The number of halogens is 1. The van der Waals surface area contributed by atoms with E-state index >= 15 is 0 Å². The molecular weight excluding hydrogens is 212 g/mol. The van der Waals surface area contributed by atoms with Crippen molar-refractivity contribution in [3.05, 3.63) is 29.3 Å². The first-order valence-corrected chi connectivity index (χ1v) is 4.89. The summed E-state index contributed by atoms with van der Waals surface area (Å²) in [5.74, 6) is 2.75. The minimum Gasteiger partial charge on any atom is -0.483 e. The van der Waals surface area contributed by atoms with Gasteiger partial charge in [0, 0.05) is 5.02 Å². The van der Waals surface area contributed by atoms with E-state index in [1.54, 1.807) is 31.2 Å². The van der Waals surface area contributed by atoms with Crippen molar-refractivity contribution in [3.63, 3.8) is 0 Å². The molecule has 0 N–H and O–H groups in total. The van der Waals surface area contributed by atoms with Crippen LogP contribution in [0.15, 0.2) is 24.3 Å². The highest BCUT2D eigenvalue weighted by molar-refractivity contribution is 6.30. The molecule has 1 rings (SSSR count). The molecule has 0 amide bonds. The van der Waals surface area contributed by atoms with Crippen LogP contribution in [0.3, 0.4) is 0 Å². The quantitative estimate of drug-likeness (QED) is 0.733. The smallest absolute Gasteiger partial charge is 0.184 e. The Hall–Kier alpha value is -1.46. The topological polar surface area (TPSA) is 26.3 Å². The average Bonchev–Trinajstić information content (AvgIpc) is 2.18. The number of terminal acetylenes is 1. The molecule has 0 fully saturated rings. The zero-order valence-corrected chi connectivity index (χ0v) is 9.12. The summed E-state index contributed by atoms with van der Waals surface area (Å²) in [5, 5.41) is 0.573. The van der Waals surface area contributed by atoms with Gasteiger partial charge in [-0.1, -0.05) is 23.6 Å². The fourth-order valence-electron chi connectivity index (χ4n) is 1.05. The Labute approximate surface area is 94.2 Å². The number of carbonyl (C=O) groups excluding carboxylic acids is 1. The van der Waals surface area contributed by atoms with Gasteiger partial charge in [-0.3, -0.25) is 4.79 Å². The predicted octanol–water partition coefficient (Wildman–Crippen LogP) is 2.70. The second-order valence-electron chi connectivity index (χ2n) is 3.06. The van der Waals surface area contributed by atoms with Crippen molar-refractivity contribution in [2.75, 3.05) is 0 Å². The number of hydrogen-bond acceptors (Lipinski definition) is 2. The highest BCUT2D eigenvalue weighted by Gasteiger charge is 2.12. The van der Waals surface area contributed by atoms with Gasteiger partial charge < -0.3 is 4.74 Å². The normalized spacial score (nSPS) is 11.5. The van der Waals surface area contributed by atoms with Gasteiger partial charge in [0.05, 0.1) is 6.42 Å². The summed E-state index contributed by atoms with van der Waals surface area (Å²) in [6.07, 6.45) is 4.58. The fraction of sp³-hybridized carbons (Fsp3) is 0.250. The highest BCUT2D eigenvalue weighted by Crippen LogP contribution is 2.18. The monoisotopic (exact) mass is 222 g/mol. The van der Waals surface area contributed by atoms with Gasteiger partial charge in [0.2, 0.25) is 0 Å². The molecule has 78 valence electrons. The third kappa shape index (κ3) is 3.65. The number of Topliss-reactive ketones (excluding diaryl/α,β-unsaturated/α-hetero) is 1. The lowest BCUT2D eigenvalue weighted by Crippen LogP contribution is -2.23. The Morgan fingerprint density at radius 3 is 3.00 bits per heavy atom. The molecule has 15 heavy (non-hydrogen) atoms. The highest BCUT2D eigenvalue weighted by atomic mass is 35.5. The van der Waals surface area contributed by atoms with Gasteiger partial charge in [0.15, 0.2) is 11.9 Å². The number of hydrogen-bond donors (Lipinski definition) is 0. The summed E-state index contributed by atoms with van der Waals surface area (Å²) < 4.78 is 5.38. The van der Waals surface area contributed by atoms with Crippen molar-refractivity contribution in [2.45, 2.75) is 19.4 Å². The molecule has 0 aliphatic rings. The van der Waals surface area contributed by atoms with Gasteiger partial charge in [-0.25, -0.2) is 0 Å². The van der Waals surface area contributed by atoms with E-state index in [0.717, 1.165) is 0 Å². The Bertz CT molecular complexity index is 393. The molecule has 1 unspecified atom stereocenters. The first kappa shape index (κ1) is 11.6. The zero-order valence-electron chi connectivity index (χ0n) is 8.37. The van der Waals surface area contributed by atoms with Gasteiger partial charge in [-0.15, -0.1) is 6.42 Å². The van der Waals surface area contributed by atoms with Gasteiger partial charge in [0.25, 0.3) is 0 Å². The van der Waals surface area contributed by atoms with Gasteiger partial charge >= 0.3 is 0 Å². The Morgan fingerprint density at radius 1 is 1.67 bits per heavy atom. The van der Waals surface area contributed by atoms with E-state index in [4.69, 9.17) is 22.8 Å². The van der Waals surface area contributed by atoms with Gasteiger partial charge in [-0.2, -0.15) is 0 Å². The summed E-state index contributed by atoms with van der Waals surface area (Å²) in [6, 6.07) is 6.89. The molecule has 3 heteroatoms. The second-order valence-corrected chi connectivity index (χ2v) is 3.50. The lowest BCUT2D eigenvalue weighted by molar-refractivity contribution is -0.124. The van der Waals surface area contributed by atoms with Crippen molar-refractivity contribution in [1.29, 1.82) is 0 Å². The van der Waals surface area contributed by atoms with Crippen LogP contribution < -0.4 is 4.74 Å². The van der Waals surface area contributed by atoms with E-state index in [1.807, 2.05) is 0 Å². The summed E-state index contributed by atoms with van der Waals surface area (Å²) in [7, 11) is 0. The van der Waals surface area contributed by atoms with E-state index in [9.17, 15) is 4.79 Å². The number of ketones is 1. The molecule has 0 bridgehead atoms. The molecule has 1 aromatic carbocycles. The predicted molar refractivity (Wildman–Crippen MR) is 60.0 cm³/mol. The molecule has 2 nitrogen and oxygen atoms in total. The Kier molecular flexibility index (Phi) is 4.20. The molecule has 0 saturated carbocycles. The Morgan fingerprint density at radius 2 is 2.40 bits per heavy atom. The summed E-state index contributed by atoms with van der Waals surface area (Å²) in [5.41, 5.74) is 0. The van der Waals surface area contributed by atoms with Crippen molar-refractivity contribution in [3.8, 4) is 18.1 Å². The second kappa shape index (κ2) is 5.43. The van der Waals surface area contributed by atoms with Crippen LogP contribution in [0, 0.1) is 12.3 Å². The van der Waals surface area contributed by atoms with Crippen LogP contribution in [0.2, 0.25) is 5.02 Å². The molecule has 0 radical (unpaired) electrons. The maximum absolute atomic E-state index is 11.3. The molecule has 0 heterocycles. The summed E-state index contributed by atoms with van der Waals surface area (Å²) in [4.78, 5) is 11.3. The molecule has 0 saturated heterocycles. The molecule has 0 aliphatic heterocycles. The van der Waals surface area contributed by atoms with Crippen LogP contribution >= 0.6 is 11.6 Å². The molecule has 0 spiro atoms. The van der Waals surface area contributed by atoms with Crippen LogP contribution in [-0.4, -0.2) is 11.9 Å². The third-order valence-corrected chi connectivity index (χ3v) is 2.07. The van der Waals surface area contributed by atoms with E-state index in [-0.39, 0.29) is 12.2 Å². The summed E-state index contributed by atoms with van der Waals surface area (Å²) >= 11 is 5.77. The first-order valence-electron chi connectivity index (χ1n) is 4.52. The van der Waals surface area contributed by atoms with E-state index in [0.29, 0.717) is 10.8 Å². The van der Waals surface area contributed by atoms with Crippen molar-refractivity contribution < 1.29 is 9.53 Å². The standard InChI is InChI=1S/C12H11ClO2/c1-3-5-12(14)9(2)15-11-7-4-6-10(13)8-11/h1,4,6-9H,5H2,2H3. The number of carbonyl (C=O) groups is 1. The zero-order chi connectivity index (χ0) is 11.3. The molecule has 1 aromatic rings. The number of rotatable bonds is 4. The van der Waals surface area contributed by atoms with Crippen molar-refractivity contribution in [1.82, 2.24) is 0 Å². The van der Waals surface area contributed by atoms with Crippen LogP contribution in [0.4, 0.5) is 0 Å². The minimum absolute atomic E-state index is 0.0851. The molecular formula is C12H11ClO2. The molecule has 0 aliphatic carbocycles. The number of benzene rings is 1. The molecule has 1 atom stereocenters.